The molecule has 7 aliphatic rings. The summed E-state index contributed by atoms with van der Waals surface area (Å²) in [6.07, 6.45) is 2.60. The molecule has 208 valence electrons. The first-order chi connectivity index (χ1) is 21.0. The lowest BCUT2D eigenvalue weighted by molar-refractivity contribution is 0.597. The van der Waals surface area contributed by atoms with E-state index in [1.807, 2.05) is 6.07 Å². The van der Waals surface area contributed by atoms with Crippen molar-refractivity contribution in [1.29, 1.82) is 0 Å². The third-order valence-corrected chi connectivity index (χ3v) is 8.85. The summed E-state index contributed by atoms with van der Waals surface area (Å²) in [5.74, 6) is 0. The first-order valence-electron chi connectivity index (χ1n) is 14.9. The second kappa shape index (κ2) is 10.0. The highest BCUT2D eigenvalue weighted by molar-refractivity contribution is 6.05. The molecule has 0 N–H and O–H groups in total. The number of hydrogen-bond donors (Lipinski definition) is 0. The maximum atomic E-state index is 6.27. The first kappa shape index (κ1) is 25.6. The zero-order chi connectivity index (χ0) is 29.0. The molecular weight excluding hydrogens is 526 g/mol. The van der Waals surface area contributed by atoms with Gasteiger partial charge in [0.1, 0.15) is 5.58 Å². The molecule has 0 fully saturated rings. The Morgan fingerprint density at radius 2 is 1.21 bits per heavy atom. The maximum Gasteiger partial charge on any atom is 0.227 e. The second-order valence-electron chi connectivity index (χ2n) is 12.1. The van der Waals surface area contributed by atoms with Gasteiger partial charge in [0.15, 0.2) is 0 Å². The van der Waals surface area contributed by atoms with Gasteiger partial charge in [0.05, 0.1) is 22.8 Å². The van der Waals surface area contributed by atoms with E-state index in [1.54, 1.807) is 0 Å². The van der Waals surface area contributed by atoms with Gasteiger partial charge in [-0.1, -0.05) is 72.8 Å². The van der Waals surface area contributed by atoms with Gasteiger partial charge in [0, 0.05) is 39.4 Å². The number of aryl methyl sites for hydroxylation is 2. The smallest absolute Gasteiger partial charge is 0.227 e. The van der Waals surface area contributed by atoms with Crippen LogP contribution < -0.4 is 0 Å². The van der Waals surface area contributed by atoms with Crippen LogP contribution in [0.25, 0.3) is 44.6 Å². The monoisotopic (exact) mass is 557 g/mol. The Balaban J connectivity index is 1.26. The molecule has 0 saturated carbocycles. The van der Waals surface area contributed by atoms with E-state index in [-0.39, 0.29) is 5.41 Å². The van der Waals surface area contributed by atoms with E-state index in [0.717, 1.165) is 69.8 Å². The fraction of sp³-hybridized carbons (Fsp3) is 0.154. The average molecular weight is 558 g/mol. The molecule has 3 aromatic carbocycles. The average Bonchev–Trinajstić information content (AvgIpc) is 3.42. The summed E-state index contributed by atoms with van der Waals surface area (Å²) < 4.78 is 6.27. The Bertz CT molecular complexity index is 2120. The summed E-state index contributed by atoms with van der Waals surface area (Å²) in [5, 5.41) is 2.25. The third kappa shape index (κ3) is 4.60. The molecule has 43 heavy (non-hydrogen) atoms. The molecule has 0 atom stereocenters. The molecule has 4 nitrogen and oxygen atoms in total. The molecule has 7 aromatic rings. The minimum Gasteiger partial charge on any atom is -0.438 e. The van der Waals surface area contributed by atoms with E-state index in [1.165, 1.54) is 22.1 Å². The summed E-state index contributed by atoms with van der Waals surface area (Å²) in [6, 6.07) is 40.7. The summed E-state index contributed by atoms with van der Waals surface area (Å²) >= 11 is 0. The van der Waals surface area contributed by atoms with Crippen molar-refractivity contribution in [3.05, 3.63) is 149 Å². The van der Waals surface area contributed by atoms with Crippen LogP contribution in [0.3, 0.4) is 0 Å². The number of aromatic nitrogens is 3. The Morgan fingerprint density at radius 1 is 0.581 bits per heavy atom. The fourth-order valence-corrected chi connectivity index (χ4v) is 6.27. The van der Waals surface area contributed by atoms with E-state index < -0.39 is 0 Å². The highest BCUT2D eigenvalue weighted by Crippen LogP contribution is 2.34. The van der Waals surface area contributed by atoms with Crippen LogP contribution in [0.2, 0.25) is 0 Å². The molecule has 0 spiro atoms. The van der Waals surface area contributed by atoms with Crippen LogP contribution in [-0.2, 0) is 24.7 Å². The summed E-state index contributed by atoms with van der Waals surface area (Å²) in [4.78, 5) is 15.2. The molecule has 0 unspecified atom stereocenters. The molecule has 0 saturated heterocycles. The van der Waals surface area contributed by atoms with E-state index in [0.29, 0.717) is 5.71 Å². The minimum atomic E-state index is -0.365. The lowest BCUT2D eigenvalue weighted by Crippen LogP contribution is -2.22. The van der Waals surface area contributed by atoms with Crippen LogP contribution in [0.5, 0.6) is 0 Å². The summed E-state index contributed by atoms with van der Waals surface area (Å²) in [5.41, 5.74) is 12.1. The molecule has 0 radical (unpaired) electrons. The molecule has 12 bridgehead atoms. The van der Waals surface area contributed by atoms with E-state index in [2.05, 4.69) is 123 Å². The number of pyridine rings is 3. The van der Waals surface area contributed by atoms with Crippen LogP contribution in [0.1, 0.15) is 47.6 Å². The van der Waals surface area contributed by atoms with Crippen molar-refractivity contribution >= 4 is 22.1 Å². The molecule has 4 heteroatoms. The van der Waals surface area contributed by atoms with Crippen molar-refractivity contribution in [3.63, 3.8) is 0 Å². The van der Waals surface area contributed by atoms with Gasteiger partial charge >= 0.3 is 0 Å². The highest BCUT2D eigenvalue weighted by atomic mass is 16.3. The molecular formula is C39H31N3O. The molecule has 11 heterocycles. The molecule has 0 amide bonds. The Morgan fingerprint density at radius 3 is 1.88 bits per heavy atom. The molecule has 7 aliphatic heterocycles. The van der Waals surface area contributed by atoms with Gasteiger partial charge in [-0.3, -0.25) is 9.97 Å². The van der Waals surface area contributed by atoms with Gasteiger partial charge < -0.3 is 4.42 Å². The standard InChI is InChI=1S/C39H31N3O/c1-39(2)35-10-4-7-32(41-35)27-17-12-25(13-18-27)14-21-29-6-3-9-34-37(29)31-23-22-30(40-38(31)43-34)24-26-15-19-28(20-16-26)33-8-5-11-36(39)42-33/h3-13,15-20,22-23H,14,21,24H2,1-2H3. The Kier molecular flexibility index (Phi) is 5.97. The number of furan rings is 1. The van der Waals surface area contributed by atoms with Crippen LogP contribution >= 0.6 is 0 Å². The van der Waals surface area contributed by atoms with Gasteiger partial charge in [-0.25, -0.2) is 4.98 Å². The largest absolute Gasteiger partial charge is 0.438 e. The highest BCUT2D eigenvalue weighted by Gasteiger charge is 2.27. The van der Waals surface area contributed by atoms with Crippen molar-refractivity contribution in [2.45, 2.75) is 38.5 Å². The Hall–Kier alpha value is -5.09. The number of benzene rings is 3. The lowest BCUT2D eigenvalue weighted by Gasteiger charge is -2.25. The summed E-state index contributed by atoms with van der Waals surface area (Å²) in [7, 11) is 0. The number of hydrogen-bond acceptors (Lipinski definition) is 4. The zero-order valence-corrected chi connectivity index (χ0v) is 24.3. The number of nitrogens with zero attached hydrogens (tertiary/aromatic N) is 3. The van der Waals surface area contributed by atoms with Gasteiger partial charge in [-0.2, -0.15) is 0 Å². The van der Waals surface area contributed by atoms with Crippen molar-refractivity contribution < 1.29 is 4.42 Å². The summed E-state index contributed by atoms with van der Waals surface area (Å²) in [6.45, 7) is 4.40. The van der Waals surface area contributed by atoms with Crippen molar-refractivity contribution in [2.24, 2.45) is 0 Å². The first-order valence-corrected chi connectivity index (χ1v) is 14.9. The molecule has 0 aliphatic carbocycles. The van der Waals surface area contributed by atoms with Crippen molar-refractivity contribution in [1.82, 2.24) is 15.0 Å². The van der Waals surface area contributed by atoms with Gasteiger partial charge in [-0.15, -0.1) is 0 Å². The van der Waals surface area contributed by atoms with E-state index in [9.17, 15) is 0 Å². The second-order valence-corrected chi connectivity index (χ2v) is 12.1. The molecule has 4 aromatic heterocycles. The van der Waals surface area contributed by atoms with Gasteiger partial charge in [0.2, 0.25) is 5.71 Å². The predicted octanol–water partition coefficient (Wildman–Crippen LogP) is 9.12. The Labute approximate surface area is 251 Å². The third-order valence-electron chi connectivity index (χ3n) is 8.85. The minimum absolute atomic E-state index is 0.365. The van der Waals surface area contributed by atoms with Gasteiger partial charge in [-0.05, 0) is 85.8 Å². The van der Waals surface area contributed by atoms with E-state index >= 15 is 0 Å². The maximum absolute atomic E-state index is 6.27. The van der Waals surface area contributed by atoms with Crippen LogP contribution in [-0.4, -0.2) is 15.0 Å². The predicted molar refractivity (Wildman–Crippen MR) is 173 cm³/mol. The molecule has 14 rings (SSSR count). The lowest BCUT2D eigenvalue weighted by atomic mass is 9.84. The number of rotatable bonds is 0. The van der Waals surface area contributed by atoms with Gasteiger partial charge in [0.25, 0.3) is 0 Å². The van der Waals surface area contributed by atoms with Crippen LogP contribution in [0, 0.1) is 0 Å². The SMILES string of the molecule is CC1(C)c2cccc(n2)-c2ccc(cc2)CCc2cccc3oc4nc(ccc4c23)Cc2ccc(cc2)-c2cccc1n2. The van der Waals surface area contributed by atoms with E-state index in [4.69, 9.17) is 19.4 Å². The van der Waals surface area contributed by atoms with Crippen LogP contribution in [0.4, 0.5) is 0 Å². The zero-order valence-electron chi connectivity index (χ0n) is 24.3. The normalized spacial score (nSPS) is 14.2. The fourth-order valence-electron chi connectivity index (χ4n) is 6.27. The topological polar surface area (TPSA) is 51.8 Å². The van der Waals surface area contributed by atoms with Crippen LogP contribution in [0.15, 0.2) is 120 Å². The van der Waals surface area contributed by atoms with Crippen molar-refractivity contribution in [3.8, 4) is 22.5 Å². The van der Waals surface area contributed by atoms with Crippen molar-refractivity contribution in [2.75, 3.05) is 0 Å². The quantitative estimate of drug-likeness (QED) is 0.187.